The van der Waals surface area contributed by atoms with Gasteiger partial charge in [-0.2, -0.15) is 0 Å². The van der Waals surface area contributed by atoms with Gasteiger partial charge in [-0.05, 0) is 120 Å². The number of para-hydroxylation sites is 1. The first-order valence-corrected chi connectivity index (χ1v) is 15.4. The largest absolute Gasteiger partial charge is 0.310 e. The minimum absolute atomic E-state index is 0.0802. The number of hydrogen-bond acceptors (Lipinski definition) is 1. The Balaban J connectivity index is 1.48. The summed E-state index contributed by atoms with van der Waals surface area (Å²) in [6.45, 7) is -16.5. The highest BCUT2D eigenvalue weighted by atomic mass is 15.1. The lowest BCUT2D eigenvalue weighted by molar-refractivity contribution is 0.645. The van der Waals surface area contributed by atoms with Gasteiger partial charge in [0, 0.05) is 44.3 Å². The summed E-state index contributed by atoms with van der Waals surface area (Å²) in [5, 5.41) is -2.17. The first kappa shape index (κ1) is 10.5. The van der Waals surface area contributed by atoms with E-state index in [1.165, 1.54) is 0 Å². The van der Waals surface area contributed by atoms with E-state index in [2.05, 4.69) is 0 Å². The molecular formula is C52H41N. The summed E-state index contributed by atoms with van der Waals surface area (Å²) < 4.78 is 375. The second-order valence-electron chi connectivity index (χ2n) is 11.8. The molecule has 8 aromatic carbocycles. The van der Waals surface area contributed by atoms with E-state index < -0.39 is 308 Å². The normalized spacial score (nSPS) is 26.3. The van der Waals surface area contributed by atoms with Gasteiger partial charge in [-0.1, -0.05) is 160 Å². The molecule has 254 valence electrons. The van der Waals surface area contributed by atoms with E-state index in [-0.39, 0.29) is 4.90 Å². The molecule has 0 unspecified atom stereocenters. The van der Waals surface area contributed by atoms with Crippen molar-refractivity contribution in [2.24, 2.45) is 0 Å². The predicted octanol–water partition coefficient (Wildman–Crippen LogP) is 14.3. The maximum Gasteiger partial charge on any atom is 0.0648 e. The number of rotatable bonds is 5. The van der Waals surface area contributed by atoms with Crippen molar-refractivity contribution in [2.75, 3.05) is 4.90 Å². The summed E-state index contributed by atoms with van der Waals surface area (Å²) in [6, 6.07) is -38.6. The van der Waals surface area contributed by atoms with Crippen molar-refractivity contribution >= 4 is 27.8 Å². The molecule has 0 fully saturated rings. The number of hydrogen-bond donors (Lipinski definition) is 0. The average molecular weight is 721 g/mol. The topological polar surface area (TPSA) is 3.24 Å². The SMILES string of the molecule is [2H]c1c([2H])c([2H])c(-c2c([2H])c([2H])c3c(c2[2H])-c2c(-c4c([2H])c([2H])c(N(c5c([2H])c([2H])c([2H])c([2H])c5[2H])c5c([2H])c([2H])c6c(c5[2H])C(C([2H])([2H])[2H])(C([2H])([2H])[2H])c5c([2H])c([2H])c([2H])c([2H])c5-6)c([2H])c4[2H])c([2H])c([2H])c4c([2H])c([2H])c([2H])c(c24)C3(C([2H])([2H])[2H])C([2H])([2H])[2H])c([2H])c1[2H]. The van der Waals surface area contributed by atoms with Gasteiger partial charge in [0.25, 0.3) is 0 Å². The van der Waals surface area contributed by atoms with Gasteiger partial charge in [0.1, 0.15) is 0 Å². The van der Waals surface area contributed by atoms with Crippen LogP contribution in [-0.4, -0.2) is 0 Å². The molecule has 2 aliphatic carbocycles. The van der Waals surface area contributed by atoms with E-state index in [1.54, 1.807) is 0 Å². The highest BCUT2D eigenvalue weighted by Gasteiger charge is 2.37. The van der Waals surface area contributed by atoms with Gasteiger partial charge in [-0.15, -0.1) is 0 Å². The molecule has 2 aliphatic rings. The number of nitrogens with zero attached hydrogens (tertiary/aromatic N) is 1. The van der Waals surface area contributed by atoms with Crippen molar-refractivity contribution in [3.63, 3.8) is 0 Å². The van der Waals surface area contributed by atoms with Crippen LogP contribution in [0.3, 0.4) is 0 Å². The highest BCUT2D eigenvalue weighted by molar-refractivity contribution is 6.09. The van der Waals surface area contributed by atoms with Gasteiger partial charge < -0.3 is 4.90 Å². The van der Waals surface area contributed by atoms with Crippen LogP contribution in [-0.2, 0) is 10.8 Å². The van der Waals surface area contributed by atoms with Crippen LogP contribution in [0.15, 0.2) is 175 Å². The minimum Gasteiger partial charge on any atom is -0.310 e. The van der Waals surface area contributed by atoms with Gasteiger partial charge in [0.2, 0.25) is 0 Å². The van der Waals surface area contributed by atoms with Gasteiger partial charge in [-0.25, -0.2) is 0 Å². The Morgan fingerprint density at radius 1 is 0.396 bits per heavy atom. The van der Waals surface area contributed by atoms with Crippen LogP contribution >= 0.6 is 0 Å². The lowest BCUT2D eigenvalue weighted by Crippen LogP contribution is -2.24. The molecule has 0 bridgehead atoms. The second kappa shape index (κ2) is 11.7. The molecular weight excluding hydrogens is 639 g/mol. The molecule has 53 heavy (non-hydrogen) atoms. The average Bonchev–Trinajstić information content (AvgIpc) is 0.968. The van der Waals surface area contributed by atoms with Crippen molar-refractivity contribution in [1.82, 2.24) is 0 Å². The zero-order chi connectivity index (χ0) is 71.1. The Morgan fingerprint density at radius 3 is 1.79 bits per heavy atom. The third-order valence-electron chi connectivity index (χ3n) is 8.76. The zero-order valence-corrected chi connectivity index (χ0v) is 26.4. The summed E-state index contributed by atoms with van der Waals surface area (Å²) in [5.41, 5.74) is -26.7. The molecule has 0 spiro atoms. The lowest BCUT2D eigenvalue weighted by atomic mass is 9.67. The summed E-state index contributed by atoms with van der Waals surface area (Å²) in [6.07, 6.45) is 0. The van der Waals surface area contributed by atoms with Crippen molar-refractivity contribution in [3.8, 4) is 44.5 Å². The Labute approximate surface area is 370 Å². The molecule has 0 atom stereocenters. The van der Waals surface area contributed by atoms with Crippen molar-refractivity contribution in [3.05, 3.63) is 197 Å². The Morgan fingerprint density at radius 2 is 1.00 bits per heavy atom. The monoisotopic (exact) mass is 721 g/mol. The molecule has 8 aromatic rings. The molecule has 0 aromatic heterocycles. The standard InChI is InChI=1S/C52H41N/c1-51(2)46-31-25-37(34-14-7-5-8-15-34)32-44(46)50-41(29-24-36-16-13-21-47(51)49(36)50)35-22-26-39(27-23-35)53(38-17-9-6-10-18-38)40-28-30-43-42-19-11-12-20-45(42)52(3,4)48(43)33-40/h5-33H,1-4H3/i1D3,2D3,3D3,4D3,5D,6D,7D,8D,9D,10D,11D,12D,13D,14D,15D,16D,17D,18D,19D,20D,21D,22D,23D,24D,25D,26D,27D,28D,29D,30D,31D,32D,33D. The fourth-order valence-corrected chi connectivity index (χ4v) is 6.40. The van der Waals surface area contributed by atoms with Gasteiger partial charge in [-0.3, -0.25) is 0 Å². The minimum atomic E-state index is -4.17. The third-order valence-corrected chi connectivity index (χ3v) is 8.76. The van der Waals surface area contributed by atoms with Gasteiger partial charge in [0.15, 0.2) is 0 Å². The molecule has 0 saturated heterocycles. The molecule has 0 aliphatic heterocycles. The molecule has 10 rings (SSSR count). The predicted molar refractivity (Wildman–Crippen MR) is 225 cm³/mol. The van der Waals surface area contributed by atoms with Crippen molar-refractivity contribution in [1.29, 1.82) is 0 Å². The highest BCUT2D eigenvalue weighted by Crippen LogP contribution is 2.53. The second-order valence-corrected chi connectivity index (χ2v) is 11.8. The van der Waals surface area contributed by atoms with Crippen LogP contribution < -0.4 is 4.90 Å². The van der Waals surface area contributed by atoms with E-state index in [9.17, 15) is 20.6 Å². The summed E-state index contributed by atoms with van der Waals surface area (Å²) in [4.78, 5) is 0.0802. The van der Waals surface area contributed by atoms with E-state index in [0.29, 0.717) is 0 Å². The van der Waals surface area contributed by atoms with Crippen LogP contribution in [0, 0.1) is 0 Å². The first-order valence-electron chi connectivity index (χ1n) is 35.9. The summed E-state index contributed by atoms with van der Waals surface area (Å²) in [7, 11) is 0. The number of anilines is 3. The van der Waals surface area contributed by atoms with Gasteiger partial charge >= 0.3 is 0 Å². The van der Waals surface area contributed by atoms with E-state index in [1.807, 2.05) is 0 Å². The zero-order valence-electron chi connectivity index (χ0n) is 67.4. The first-order chi connectivity index (χ1) is 42.9. The molecule has 0 saturated carbocycles. The summed E-state index contributed by atoms with van der Waals surface area (Å²) in [5.74, 6) is 0. The lowest BCUT2D eigenvalue weighted by Gasteiger charge is -2.36. The van der Waals surface area contributed by atoms with E-state index in [0.717, 1.165) is 0 Å². The van der Waals surface area contributed by atoms with Crippen LogP contribution in [0.25, 0.3) is 55.3 Å². The van der Waals surface area contributed by atoms with Crippen molar-refractivity contribution in [2.45, 2.75) is 38.2 Å². The molecule has 1 heteroatoms. The van der Waals surface area contributed by atoms with Crippen molar-refractivity contribution < 1.29 is 56.2 Å². The fraction of sp³-hybridized carbons (Fsp3) is 0.115. The maximum absolute atomic E-state index is 10.0. The smallest absolute Gasteiger partial charge is 0.0648 e. The molecule has 0 heterocycles. The van der Waals surface area contributed by atoms with Gasteiger partial charge in [0.05, 0.1) is 39.8 Å². The maximum atomic E-state index is 10.0. The molecule has 0 radical (unpaired) electrons. The molecule has 0 N–H and O–H groups in total. The fourth-order valence-electron chi connectivity index (χ4n) is 6.40. The van der Waals surface area contributed by atoms with Crippen LogP contribution in [0.5, 0.6) is 0 Å². The van der Waals surface area contributed by atoms with Crippen LogP contribution in [0.1, 0.15) is 106 Å². The Bertz CT molecular complexity index is 4720. The number of fused-ring (bicyclic) bond motifs is 5. The van der Waals surface area contributed by atoms with Crippen LogP contribution in [0.4, 0.5) is 17.1 Å². The van der Waals surface area contributed by atoms with Crippen LogP contribution in [0.2, 0.25) is 0 Å². The van der Waals surface area contributed by atoms with E-state index in [4.69, 9.17) is 35.6 Å². The molecule has 0 amide bonds. The van der Waals surface area contributed by atoms with E-state index >= 15 is 0 Å². The number of benzene rings is 8. The summed E-state index contributed by atoms with van der Waals surface area (Å²) >= 11 is 0. The Hall–Kier alpha value is -6.18. The Kier molecular flexibility index (Phi) is 2.31. The third kappa shape index (κ3) is 4.77. The molecule has 1 nitrogen and oxygen atoms in total. The quantitative estimate of drug-likeness (QED) is 0.171.